The number of nitro groups is 1. The van der Waals surface area contributed by atoms with Gasteiger partial charge in [-0.3, -0.25) is 29.4 Å². The van der Waals surface area contributed by atoms with Crippen molar-refractivity contribution in [3.8, 4) is 0 Å². The van der Waals surface area contributed by atoms with Crippen LogP contribution in [0.4, 0.5) is 10.5 Å². The number of imide groups is 1. The van der Waals surface area contributed by atoms with E-state index in [9.17, 15) is 24.5 Å². The number of carbonyl (C=O) groups is 3. The van der Waals surface area contributed by atoms with Gasteiger partial charge in [0.15, 0.2) is 0 Å². The Morgan fingerprint density at radius 2 is 2.00 bits per heavy atom. The van der Waals surface area contributed by atoms with Crippen molar-refractivity contribution in [1.29, 1.82) is 0 Å². The molecule has 2 aromatic rings. The Morgan fingerprint density at radius 3 is 2.64 bits per heavy atom. The lowest BCUT2D eigenvalue weighted by atomic mass is 10.2. The van der Waals surface area contributed by atoms with Crippen molar-refractivity contribution >= 4 is 51.9 Å². The van der Waals surface area contributed by atoms with Crippen molar-refractivity contribution in [2.24, 2.45) is 0 Å². The van der Waals surface area contributed by atoms with Gasteiger partial charge in [-0.05, 0) is 30.3 Å². The molecule has 0 spiro atoms. The number of nitrogens with zero attached hydrogens (tertiary/aromatic N) is 2. The van der Waals surface area contributed by atoms with Crippen LogP contribution >= 0.6 is 23.1 Å². The van der Waals surface area contributed by atoms with E-state index >= 15 is 0 Å². The van der Waals surface area contributed by atoms with Gasteiger partial charge in [0.25, 0.3) is 22.7 Å². The van der Waals surface area contributed by atoms with Gasteiger partial charge in [0.2, 0.25) is 0 Å². The molecule has 0 radical (unpaired) electrons. The zero-order valence-corrected chi connectivity index (χ0v) is 16.3. The molecule has 1 aliphatic rings. The van der Waals surface area contributed by atoms with E-state index in [1.54, 1.807) is 13.0 Å². The highest BCUT2D eigenvalue weighted by Gasteiger charge is 2.34. The molecule has 1 saturated heterocycles. The van der Waals surface area contributed by atoms with Crippen molar-refractivity contribution in [2.75, 3.05) is 13.1 Å². The Hall–Kier alpha value is -2.98. The maximum Gasteiger partial charge on any atom is 0.293 e. The van der Waals surface area contributed by atoms with Crippen LogP contribution in [-0.4, -0.2) is 40.0 Å². The maximum absolute atomic E-state index is 12.4. The molecule has 8 nitrogen and oxygen atoms in total. The second kappa shape index (κ2) is 8.36. The Labute approximate surface area is 168 Å². The summed E-state index contributed by atoms with van der Waals surface area (Å²) in [6, 6.07) is 10.4. The van der Waals surface area contributed by atoms with Gasteiger partial charge >= 0.3 is 0 Å². The van der Waals surface area contributed by atoms with Crippen LogP contribution in [0.2, 0.25) is 0 Å². The summed E-state index contributed by atoms with van der Waals surface area (Å²) in [6.07, 6.45) is 1.65. The van der Waals surface area contributed by atoms with Crippen LogP contribution < -0.4 is 5.32 Å². The standard InChI is InChI=1S/C18H15N3O5S2/c1-11-13(21(25)26)10-14(27-11)16(22)19-7-8-20-17(23)15(28-18(20)24)9-12-5-3-2-4-6-12/h2-6,9-10H,7-8H2,1H3,(H,19,22)/b15-9-. The second-order valence-electron chi connectivity index (χ2n) is 5.81. The summed E-state index contributed by atoms with van der Waals surface area (Å²) < 4.78 is 0. The predicted octanol–water partition coefficient (Wildman–Crippen LogP) is 3.43. The predicted molar refractivity (Wildman–Crippen MR) is 107 cm³/mol. The number of thiophene rings is 1. The van der Waals surface area contributed by atoms with E-state index in [0.29, 0.717) is 9.78 Å². The summed E-state index contributed by atoms with van der Waals surface area (Å²) in [4.78, 5) is 49.0. The van der Waals surface area contributed by atoms with Gasteiger partial charge < -0.3 is 5.32 Å². The number of rotatable bonds is 6. The summed E-state index contributed by atoms with van der Waals surface area (Å²) in [6.45, 7) is 1.65. The van der Waals surface area contributed by atoms with Gasteiger partial charge in [-0.25, -0.2) is 0 Å². The minimum atomic E-state index is -0.540. The van der Waals surface area contributed by atoms with Gasteiger partial charge in [-0.15, -0.1) is 11.3 Å². The van der Waals surface area contributed by atoms with E-state index in [1.165, 1.54) is 6.07 Å². The number of hydrogen-bond acceptors (Lipinski definition) is 7. The number of thioether (sulfide) groups is 1. The third-order valence-electron chi connectivity index (χ3n) is 3.90. The van der Waals surface area contributed by atoms with Gasteiger partial charge in [-0.2, -0.15) is 0 Å². The fraction of sp³-hybridized carbons (Fsp3) is 0.167. The highest BCUT2D eigenvalue weighted by molar-refractivity contribution is 8.18. The minimum Gasteiger partial charge on any atom is -0.350 e. The SMILES string of the molecule is Cc1sc(C(=O)NCCN2C(=O)S/C(=C\c3ccccc3)C2=O)cc1[N+](=O)[O-]. The fourth-order valence-electron chi connectivity index (χ4n) is 2.53. The third kappa shape index (κ3) is 4.29. The van der Waals surface area contributed by atoms with E-state index in [1.807, 2.05) is 30.3 Å². The molecule has 1 fully saturated rings. The molecule has 1 aliphatic heterocycles. The largest absolute Gasteiger partial charge is 0.350 e. The van der Waals surface area contributed by atoms with Crippen LogP contribution in [0.1, 0.15) is 20.1 Å². The van der Waals surface area contributed by atoms with Crippen LogP contribution in [0.3, 0.4) is 0 Å². The fourth-order valence-corrected chi connectivity index (χ4v) is 4.30. The van der Waals surface area contributed by atoms with Crippen molar-refractivity contribution in [1.82, 2.24) is 10.2 Å². The summed E-state index contributed by atoms with van der Waals surface area (Å²) in [5, 5.41) is 13.1. The first-order valence-electron chi connectivity index (χ1n) is 8.20. The van der Waals surface area contributed by atoms with Crippen LogP contribution in [0.15, 0.2) is 41.3 Å². The smallest absolute Gasteiger partial charge is 0.293 e. The van der Waals surface area contributed by atoms with E-state index < -0.39 is 22.0 Å². The van der Waals surface area contributed by atoms with Crippen molar-refractivity contribution in [3.05, 3.63) is 66.7 Å². The molecular weight excluding hydrogens is 402 g/mol. The Bertz CT molecular complexity index is 984. The molecule has 3 amide bonds. The first-order valence-corrected chi connectivity index (χ1v) is 9.83. The van der Waals surface area contributed by atoms with Crippen LogP contribution in [0.5, 0.6) is 0 Å². The monoisotopic (exact) mass is 417 g/mol. The van der Waals surface area contributed by atoms with Gasteiger partial charge in [0.05, 0.1) is 19.6 Å². The molecular formula is C18H15N3O5S2. The molecule has 0 aliphatic carbocycles. The highest BCUT2D eigenvalue weighted by Crippen LogP contribution is 2.32. The number of amides is 3. The molecule has 144 valence electrons. The van der Waals surface area contributed by atoms with Crippen LogP contribution in [0, 0.1) is 17.0 Å². The Kier molecular flexibility index (Phi) is 5.90. The highest BCUT2D eigenvalue weighted by atomic mass is 32.2. The molecule has 2 heterocycles. The first kappa shape index (κ1) is 19.8. The lowest BCUT2D eigenvalue weighted by molar-refractivity contribution is -0.385. The molecule has 28 heavy (non-hydrogen) atoms. The average molecular weight is 417 g/mol. The van der Waals surface area contributed by atoms with Crippen molar-refractivity contribution in [2.45, 2.75) is 6.92 Å². The van der Waals surface area contributed by atoms with Crippen molar-refractivity contribution < 1.29 is 19.3 Å². The zero-order chi connectivity index (χ0) is 20.3. The van der Waals surface area contributed by atoms with E-state index in [-0.39, 0.29) is 23.7 Å². The lowest BCUT2D eigenvalue weighted by Crippen LogP contribution is -2.37. The molecule has 0 bridgehead atoms. The number of aryl methyl sites for hydroxylation is 1. The number of carbonyl (C=O) groups excluding carboxylic acids is 3. The van der Waals surface area contributed by atoms with Crippen molar-refractivity contribution in [3.63, 3.8) is 0 Å². The lowest BCUT2D eigenvalue weighted by Gasteiger charge is -2.12. The normalized spacial score (nSPS) is 15.3. The van der Waals surface area contributed by atoms with Crippen LogP contribution in [-0.2, 0) is 4.79 Å². The van der Waals surface area contributed by atoms with E-state index in [2.05, 4.69) is 5.32 Å². The second-order valence-corrected chi connectivity index (χ2v) is 8.06. The first-order chi connectivity index (χ1) is 13.4. The minimum absolute atomic E-state index is 0.0228. The molecule has 1 N–H and O–H groups in total. The molecule has 1 aromatic carbocycles. The van der Waals surface area contributed by atoms with E-state index in [0.717, 1.165) is 33.6 Å². The third-order valence-corrected chi connectivity index (χ3v) is 5.85. The van der Waals surface area contributed by atoms with Gasteiger partial charge in [0, 0.05) is 19.2 Å². The average Bonchev–Trinajstić information content (AvgIpc) is 3.17. The van der Waals surface area contributed by atoms with E-state index in [4.69, 9.17) is 0 Å². The Balaban J connectivity index is 1.59. The van der Waals surface area contributed by atoms with Gasteiger partial charge in [0.1, 0.15) is 0 Å². The quantitative estimate of drug-likeness (QED) is 0.438. The molecule has 0 saturated carbocycles. The van der Waals surface area contributed by atoms with Crippen LogP contribution in [0.25, 0.3) is 6.08 Å². The summed E-state index contributed by atoms with van der Waals surface area (Å²) in [5.74, 6) is -0.885. The summed E-state index contributed by atoms with van der Waals surface area (Å²) >= 11 is 1.88. The molecule has 0 unspecified atom stereocenters. The molecule has 1 aromatic heterocycles. The summed E-state index contributed by atoms with van der Waals surface area (Å²) in [7, 11) is 0. The Morgan fingerprint density at radius 1 is 1.29 bits per heavy atom. The number of hydrogen-bond donors (Lipinski definition) is 1. The molecule has 0 atom stereocenters. The maximum atomic E-state index is 12.4. The number of nitrogens with one attached hydrogen (secondary N) is 1. The summed E-state index contributed by atoms with van der Waals surface area (Å²) in [5.41, 5.74) is 0.711. The topological polar surface area (TPSA) is 110 Å². The number of benzene rings is 1. The van der Waals surface area contributed by atoms with Gasteiger partial charge in [-0.1, -0.05) is 30.3 Å². The molecule has 10 heteroatoms. The zero-order valence-electron chi connectivity index (χ0n) is 14.7. The molecule has 3 rings (SSSR count).